The predicted molar refractivity (Wildman–Crippen MR) is 75.3 cm³/mol. The summed E-state index contributed by atoms with van der Waals surface area (Å²) in [7, 11) is 3.37. The Morgan fingerprint density at radius 2 is 2.00 bits per heavy atom. The fourth-order valence-electron chi connectivity index (χ4n) is 2.32. The molecule has 108 valence electrons. The quantitative estimate of drug-likeness (QED) is 0.802. The molecule has 0 fully saturated rings. The second kappa shape index (κ2) is 5.11. The molecule has 0 N–H and O–H groups in total. The lowest BCUT2D eigenvalue weighted by Gasteiger charge is -2.11. The summed E-state index contributed by atoms with van der Waals surface area (Å²) in [5.41, 5.74) is 2.65. The molecule has 0 aliphatic carbocycles. The van der Waals surface area contributed by atoms with Crippen molar-refractivity contribution in [3.8, 4) is 5.75 Å². The maximum atomic E-state index is 12.9. The van der Waals surface area contributed by atoms with Crippen LogP contribution in [-0.2, 0) is 7.05 Å². The number of rotatable bonds is 4. The maximum Gasteiger partial charge on any atom is 0.218 e. The monoisotopic (exact) mass is 276 g/mol. The molecule has 2 aromatic heterocycles. The van der Waals surface area contributed by atoms with Gasteiger partial charge >= 0.3 is 0 Å². The number of hydrogen-bond acceptors (Lipinski definition) is 4. The molecule has 0 atom stereocenters. The zero-order chi connectivity index (χ0) is 15.0. The van der Waals surface area contributed by atoms with E-state index in [1.807, 2.05) is 34.7 Å². The number of ether oxygens (including phenoxy) is 1. The van der Waals surface area contributed by atoms with Crippen molar-refractivity contribution in [1.82, 2.24) is 19.6 Å². The molecule has 0 bridgehead atoms. The summed E-state index contributed by atoms with van der Waals surface area (Å²) in [5.74, 6) is 0.391. The van der Waals surface area contributed by atoms with Gasteiger partial charge in [-0.1, -0.05) is 0 Å². The average molecular weight is 276 g/mol. The van der Waals surface area contributed by atoms with Crippen molar-refractivity contribution in [3.63, 3.8) is 0 Å². The predicted octanol–water partition coefficient (Wildman–Crippen LogP) is 2.05. The summed E-state index contributed by atoms with van der Waals surface area (Å²) in [5, 5.41) is 8.54. The van der Waals surface area contributed by atoms with Crippen LogP contribution in [0.1, 0.15) is 47.3 Å². The fraction of sp³-hybridized carbons (Fsp3) is 0.500. The largest absolute Gasteiger partial charge is 0.493 e. The van der Waals surface area contributed by atoms with E-state index in [0.717, 1.165) is 5.69 Å². The molecule has 0 amide bonds. The van der Waals surface area contributed by atoms with Crippen molar-refractivity contribution < 1.29 is 9.53 Å². The Kier molecular flexibility index (Phi) is 3.65. The average Bonchev–Trinajstić information content (AvgIpc) is 2.91. The number of carbonyl (C=O) groups is 1. The molecule has 0 aliphatic heterocycles. The van der Waals surface area contributed by atoms with Crippen molar-refractivity contribution in [1.29, 1.82) is 0 Å². The van der Waals surface area contributed by atoms with Gasteiger partial charge in [0.05, 0.1) is 24.6 Å². The number of ketones is 1. The van der Waals surface area contributed by atoms with Crippen LogP contribution in [0.3, 0.4) is 0 Å². The molecular weight excluding hydrogens is 256 g/mol. The van der Waals surface area contributed by atoms with E-state index in [4.69, 9.17) is 4.74 Å². The molecule has 0 aromatic carbocycles. The lowest BCUT2D eigenvalue weighted by Crippen LogP contribution is -2.15. The van der Waals surface area contributed by atoms with E-state index in [1.165, 1.54) is 0 Å². The molecule has 2 rings (SSSR count). The molecule has 0 radical (unpaired) electrons. The number of methoxy groups -OCH3 is 1. The van der Waals surface area contributed by atoms with Crippen LogP contribution in [0.2, 0.25) is 0 Å². The van der Waals surface area contributed by atoms with E-state index >= 15 is 0 Å². The molecule has 6 heteroatoms. The molecule has 0 spiro atoms. The summed E-state index contributed by atoms with van der Waals surface area (Å²) in [6.07, 6.45) is 1.58. The highest BCUT2D eigenvalue weighted by atomic mass is 16.5. The van der Waals surface area contributed by atoms with E-state index in [9.17, 15) is 4.79 Å². The van der Waals surface area contributed by atoms with Crippen LogP contribution in [0.4, 0.5) is 0 Å². The molecule has 0 saturated heterocycles. The van der Waals surface area contributed by atoms with Crippen LogP contribution >= 0.6 is 0 Å². The van der Waals surface area contributed by atoms with Crippen molar-refractivity contribution in [2.45, 2.75) is 33.7 Å². The SMILES string of the molecule is COc1cnn(C(C)C)c1C(=O)c1c(C)nn(C)c1C. The molecule has 0 aliphatic rings. The number of carbonyl (C=O) groups excluding carboxylic acids is 1. The van der Waals surface area contributed by atoms with Crippen molar-refractivity contribution in [3.05, 3.63) is 28.8 Å². The first-order chi connectivity index (χ1) is 9.38. The van der Waals surface area contributed by atoms with Crippen LogP contribution in [0, 0.1) is 13.8 Å². The number of hydrogen-bond donors (Lipinski definition) is 0. The highest BCUT2D eigenvalue weighted by molar-refractivity contribution is 6.11. The first kappa shape index (κ1) is 14.3. The van der Waals surface area contributed by atoms with Crippen LogP contribution < -0.4 is 4.74 Å². The third-order valence-corrected chi connectivity index (χ3v) is 3.42. The molecular formula is C14H20N4O2. The van der Waals surface area contributed by atoms with Gasteiger partial charge in [-0.3, -0.25) is 14.2 Å². The Balaban J connectivity index is 2.61. The zero-order valence-electron chi connectivity index (χ0n) is 12.8. The Morgan fingerprint density at radius 3 is 2.45 bits per heavy atom. The lowest BCUT2D eigenvalue weighted by atomic mass is 10.1. The molecule has 6 nitrogen and oxygen atoms in total. The normalized spacial score (nSPS) is 11.2. The minimum absolute atomic E-state index is 0.0788. The smallest absolute Gasteiger partial charge is 0.218 e. The minimum atomic E-state index is -0.101. The van der Waals surface area contributed by atoms with Crippen molar-refractivity contribution >= 4 is 5.78 Å². The topological polar surface area (TPSA) is 61.9 Å². The van der Waals surface area contributed by atoms with Gasteiger partial charge in [0.15, 0.2) is 11.4 Å². The Labute approximate surface area is 118 Å². The van der Waals surface area contributed by atoms with Gasteiger partial charge in [0.1, 0.15) is 0 Å². The lowest BCUT2D eigenvalue weighted by molar-refractivity contribution is 0.102. The molecule has 20 heavy (non-hydrogen) atoms. The third-order valence-electron chi connectivity index (χ3n) is 3.42. The first-order valence-corrected chi connectivity index (χ1v) is 6.54. The van der Waals surface area contributed by atoms with E-state index < -0.39 is 0 Å². The maximum absolute atomic E-state index is 12.9. The summed E-state index contributed by atoms with van der Waals surface area (Å²) < 4.78 is 8.67. The third kappa shape index (κ3) is 2.11. The van der Waals surface area contributed by atoms with Crippen LogP contribution in [0.25, 0.3) is 0 Å². The van der Waals surface area contributed by atoms with E-state index in [-0.39, 0.29) is 11.8 Å². The van der Waals surface area contributed by atoms with Gasteiger partial charge in [-0.25, -0.2) is 0 Å². The van der Waals surface area contributed by atoms with Gasteiger partial charge in [0.25, 0.3) is 0 Å². The summed E-state index contributed by atoms with van der Waals surface area (Å²) in [6, 6.07) is 0.0788. The number of aryl methyl sites for hydroxylation is 2. The summed E-state index contributed by atoms with van der Waals surface area (Å²) in [6.45, 7) is 7.68. The molecule has 0 saturated carbocycles. The summed E-state index contributed by atoms with van der Waals surface area (Å²) >= 11 is 0. The second-order valence-electron chi connectivity index (χ2n) is 5.10. The van der Waals surface area contributed by atoms with Gasteiger partial charge in [0.2, 0.25) is 5.78 Å². The van der Waals surface area contributed by atoms with Gasteiger partial charge in [-0.15, -0.1) is 0 Å². The van der Waals surface area contributed by atoms with Gasteiger partial charge in [-0.05, 0) is 27.7 Å². The van der Waals surface area contributed by atoms with E-state index in [0.29, 0.717) is 22.7 Å². The van der Waals surface area contributed by atoms with Crippen molar-refractivity contribution in [2.75, 3.05) is 7.11 Å². The highest BCUT2D eigenvalue weighted by Gasteiger charge is 2.26. The highest BCUT2D eigenvalue weighted by Crippen LogP contribution is 2.26. The van der Waals surface area contributed by atoms with Gasteiger partial charge in [-0.2, -0.15) is 10.2 Å². The number of nitrogens with zero attached hydrogens (tertiary/aromatic N) is 4. The minimum Gasteiger partial charge on any atom is -0.493 e. The van der Waals surface area contributed by atoms with Crippen molar-refractivity contribution in [2.24, 2.45) is 7.05 Å². The first-order valence-electron chi connectivity index (χ1n) is 6.54. The second-order valence-corrected chi connectivity index (χ2v) is 5.10. The van der Waals surface area contributed by atoms with Gasteiger partial charge < -0.3 is 4.74 Å². The number of aromatic nitrogens is 4. The van der Waals surface area contributed by atoms with Crippen LogP contribution in [0.15, 0.2) is 6.20 Å². The molecule has 2 aromatic rings. The molecule has 0 unspecified atom stereocenters. The summed E-state index contributed by atoms with van der Waals surface area (Å²) in [4.78, 5) is 12.9. The van der Waals surface area contributed by atoms with Crippen LogP contribution in [-0.4, -0.2) is 32.5 Å². The Bertz CT molecular complexity index is 652. The Morgan fingerprint density at radius 1 is 1.35 bits per heavy atom. The zero-order valence-corrected chi connectivity index (χ0v) is 12.8. The fourth-order valence-corrected chi connectivity index (χ4v) is 2.32. The van der Waals surface area contributed by atoms with Gasteiger partial charge in [0, 0.05) is 18.8 Å². The van der Waals surface area contributed by atoms with Crippen LogP contribution in [0.5, 0.6) is 5.75 Å². The van der Waals surface area contributed by atoms with E-state index in [2.05, 4.69) is 10.2 Å². The molecule has 2 heterocycles. The standard InChI is InChI=1S/C14H20N4O2/c1-8(2)18-13(11(20-6)7-15-18)14(19)12-9(3)16-17(5)10(12)4/h7-8H,1-6H3. The van der Waals surface area contributed by atoms with E-state index in [1.54, 1.807) is 22.7 Å². The Hall–Kier alpha value is -2.11.